The summed E-state index contributed by atoms with van der Waals surface area (Å²) >= 11 is 0. The maximum Gasteiger partial charge on any atom is 0.416 e. The molecule has 0 fully saturated rings. The highest BCUT2D eigenvalue weighted by molar-refractivity contribution is 6.03. The molecule has 3 heterocycles. The third-order valence-corrected chi connectivity index (χ3v) is 6.34. The third-order valence-electron chi connectivity index (χ3n) is 6.34. The van der Waals surface area contributed by atoms with Crippen LogP contribution in [0.5, 0.6) is 0 Å². The number of halogens is 3. The van der Waals surface area contributed by atoms with E-state index >= 15 is 0 Å². The minimum Gasteiger partial charge on any atom is -0.481 e. The molecule has 0 atom stereocenters. The summed E-state index contributed by atoms with van der Waals surface area (Å²) in [6, 6.07) is 2.49. The number of aliphatic carboxylic acids is 1. The number of hydrogen-bond donors (Lipinski definition) is 2. The first kappa shape index (κ1) is 33.3. The van der Waals surface area contributed by atoms with Gasteiger partial charge in [0, 0.05) is 16.7 Å². The summed E-state index contributed by atoms with van der Waals surface area (Å²) in [7, 11) is 0. The normalized spacial score (nSPS) is 17.7. The van der Waals surface area contributed by atoms with Crippen LogP contribution in [0.2, 0.25) is 0 Å². The molecule has 3 aromatic heterocycles. The number of carbonyl (C=O) groups is 3. The Labute approximate surface area is 259 Å². The Morgan fingerprint density at radius 2 is 1.96 bits per heavy atom. The molecule has 0 aromatic carbocycles. The number of aromatic nitrogens is 4. The predicted molar refractivity (Wildman–Crippen MR) is 155 cm³/mol. The van der Waals surface area contributed by atoms with Crippen LogP contribution >= 0.6 is 0 Å². The van der Waals surface area contributed by atoms with Crippen molar-refractivity contribution in [3.8, 4) is 11.5 Å². The molecule has 0 saturated heterocycles. The van der Waals surface area contributed by atoms with Crippen molar-refractivity contribution in [2.45, 2.75) is 51.6 Å². The second kappa shape index (κ2) is 12.8. The number of oxazole rings is 1. The molecule has 2 N–H and O–H groups in total. The molecular formula is C28H28F3N9O6. The van der Waals surface area contributed by atoms with E-state index in [2.05, 4.69) is 30.4 Å². The number of nitrogens with one attached hydrogen (secondary N) is 1. The first-order chi connectivity index (χ1) is 21.5. The molecule has 1 aliphatic rings. The summed E-state index contributed by atoms with van der Waals surface area (Å²) in [5.74, 6) is -3.15. The Morgan fingerprint density at radius 3 is 2.57 bits per heavy atom. The van der Waals surface area contributed by atoms with Gasteiger partial charge < -0.3 is 19.6 Å². The van der Waals surface area contributed by atoms with Crippen molar-refractivity contribution in [2.24, 2.45) is 11.0 Å². The van der Waals surface area contributed by atoms with Gasteiger partial charge in [-0.05, 0) is 45.4 Å². The fourth-order valence-corrected chi connectivity index (χ4v) is 4.14. The molecule has 0 radical (unpaired) electrons. The standard InChI is InChI=1S/C28H28F3N9O6/c1-26(2,3)46-25(44)39(15-28(29,30)31)21-11-17(7-10-33-21)23-36-20(14-45-23)22(41)35-19-13-40(37-18(19)12-34-38-32)27(4)8-5-16(6-9-27)24(42)43/h5-11,13-14,16H,12,15H2,1-4H3,(H,35,41)(H,42,43). The summed E-state index contributed by atoms with van der Waals surface area (Å²) in [4.78, 5) is 48.1. The highest BCUT2D eigenvalue weighted by Gasteiger charge is 2.37. The smallest absolute Gasteiger partial charge is 0.416 e. The number of carboxylic acid groups (broad SMARTS) is 1. The average molecular weight is 644 g/mol. The fourth-order valence-electron chi connectivity index (χ4n) is 4.14. The van der Waals surface area contributed by atoms with Crippen molar-refractivity contribution >= 4 is 29.5 Å². The lowest BCUT2D eigenvalue weighted by atomic mass is 9.91. The number of alkyl halides is 3. The van der Waals surface area contributed by atoms with E-state index in [1.165, 1.54) is 49.9 Å². The molecule has 0 saturated carbocycles. The molecule has 0 spiro atoms. The van der Waals surface area contributed by atoms with Crippen LogP contribution in [0.25, 0.3) is 21.9 Å². The number of rotatable bonds is 9. The number of carboxylic acids is 1. The molecule has 4 rings (SSSR count). The van der Waals surface area contributed by atoms with E-state index in [9.17, 15) is 32.7 Å². The lowest BCUT2D eigenvalue weighted by Gasteiger charge is -2.27. The summed E-state index contributed by atoms with van der Waals surface area (Å²) in [6.07, 6.45) is 3.84. The minimum absolute atomic E-state index is 0.111. The van der Waals surface area contributed by atoms with Crippen LogP contribution in [-0.4, -0.2) is 61.1 Å². The van der Waals surface area contributed by atoms with Crippen molar-refractivity contribution < 1.29 is 41.8 Å². The summed E-state index contributed by atoms with van der Waals surface area (Å²) in [5.41, 5.74) is 7.09. The lowest BCUT2D eigenvalue weighted by Crippen LogP contribution is -2.42. The van der Waals surface area contributed by atoms with Gasteiger partial charge in [0.05, 0.1) is 35.6 Å². The lowest BCUT2D eigenvalue weighted by molar-refractivity contribution is -0.138. The van der Waals surface area contributed by atoms with E-state index in [1.807, 2.05) is 0 Å². The quantitative estimate of drug-likeness (QED) is 0.124. The number of amides is 2. The van der Waals surface area contributed by atoms with E-state index in [1.54, 1.807) is 19.1 Å². The zero-order valence-corrected chi connectivity index (χ0v) is 24.9. The molecule has 0 bridgehead atoms. The second-order valence-electron chi connectivity index (χ2n) is 11.2. The largest absolute Gasteiger partial charge is 0.481 e. The molecule has 18 heteroatoms. The second-order valence-corrected chi connectivity index (χ2v) is 11.2. The third kappa shape index (κ3) is 8.09. The highest BCUT2D eigenvalue weighted by atomic mass is 19.4. The predicted octanol–water partition coefficient (Wildman–Crippen LogP) is 5.84. The molecule has 3 aromatic rings. The molecule has 46 heavy (non-hydrogen) atoms. The van der Waals surface area contributed by atoms with Gasteiger partial charge in [-0.3, -0.25) is 19.2 Å². The maximum absolute atomic E-state index is 13.3. The van der Waals surface area contributed by atoms with Crippen LogP contribution in [0.3, 0.4) is 0 Å². The van der Waals surface area contributed by atoms with Gasteiger partial charge in [0.1, 0.15) is 24.2 Å². The van der Waals surface area contributed by atoms with Crippen LogP contribution in [0.1, 0.15) is 43.9 Å². The Bertz CT molecular complexity index is 1730. The van der Waals surface area contributed by atoms with Crippen molar-refractivity contribution in [1.82, 2.24) is 19.7 Å². The molecule has 15 nitrogen and oxygen atoms in total. The van der Waals surface area contributed by atoms with Crippen LogP contribution < -0.4 is 10.2 Å². The topological polar surface area (TPSA) is 201 Å². The van der Waals surface area contributed by atoms with E-state index in [-0.39, 0.29) is 35.1 Å². The Kier molecular flexibility index (Phi) is 9.23. The first-order valence-corrected chi connectivity index (χ1v) is 13.5. The van der Waals surface area contributed by atoms with E-state index in [0.29, 0.717) is 4.90 Å². The fraction of sp³-hybridized carbons (Fsp3) is 0.357. The molecule has 1 aliphatic carbocycles. The van der Waals surface area contributed by atoms with Crippen molar-refractivity contribution in [1.29, 1.82) is 0 Å². The minimum atomic E-state index is -4.77. The van der Waals surface area contributed by atoms with Gasteiger partial charge in [0.25, 0.3) is 5.91 Å². The molecule has 0 unspecified atom stereocenters. The number of ether oxygens (including phenoxy) is 1. The molecule has 2 amide bonds. The van der Waals surface area contributed by atoms with Gasteiger partial charge >= 0.3 is 18.2 Å². The number of anilines is 2. The number of allylic oxidation sites excluding steroid dienone is 2. The average Bonchev–Trinajstić information content (AvgIpc) is 3.62. The SMILES string of the molecule is CC(C)(C)OC(=O)N(CC(F)(F)F)c1cc(-c2nc(C(=O)Nc3cn(C4(C)C=CC(C(=O)O)C=C4)nc3CN=[N+]=[N-])co2)ccn1. The number of nitrogens with zero attached hydrogens (tertiary/aromatic N) is 8. The van der Waals surface area contributed by atoms with Gasteiger partial charge in [-0.25, -0.2) is 14.8 Å². The van der Waals surface area contributed by atoms with Crippen LogP contribution in [0.4, 0.5) is 29.5 Å². The summed E-state index contributed by atoms with van der Waals surface area (Å²) < 4.78 is 52.0. The maximum atomic E-state index is 13.3. The molecule has 0 aliphatic heterocycles. The van der Waals surface area contributed by atoms with Gasteiger partial charge in [0.2, 0.25) is 5.89 Å². The van der Waals surface area contributed by atoms with Crippen LogP contribution in [0, 0.1) is 5.92 Å². The van der Waals surface area contributed by atoms with Crippen LogP contribution in [-0.2, 0) is 21.6 Å². The number of pyridine rings is 1. The van der Waals surface area contributed by atoms with Gasteiger partial charge in [-0.1, -0.05) is 29.4 Å². The first-order valence-electron chi connectivity index (χ1n) is 13.5. The van der Waals surface area contributed by atoms with Gasteiger partial charge in [-0.15, -0.1) is 0 Å². The zero-order chi connectivity index (χ0) is 33.9. The zero-order valence-electron chi connectivity index (χ0n) is 24.9. The highest BCUT2D eigenvalue weighted by Crippen LogP contribution is 2.30. The van der Waals surface area contributed by atoms with E-state index in [0.717, 1.165) is 18.5 Å². The van der Waals surface area contributed by atoms with E-state index in [4.69, 9.17) is 14.7 Å². The van der Waals surface area contributed by atoms with Crippen molar-refractivity contribution in [3.63, 3.8) is 0 Å². The van der Waals surface area contributed by atoms with Crippen molar-refractivity contribution in [2.75, 3.05) is 16.8 Å². The molecule has 242 valence electrons. The Morgan fingerprint density at radius 1 is 1.26 bits per heavy atom. The van der Waals surface area contributed by atoms with E-state index < -0.39 is 53.6 Å². The van der Waals surface area contributed by atoms with Crippen LogP contribution in [0.15, 0.2) is 64.6 Å². The monoisotopic (exact) mass is 643 g/mol. The summed E-state index contributed by atoms with van der Waals surface area (Å²) in [5, 5.41) is 19.8. The molecular weight excluding hydrogens is 615 g/mol. The van der Waals surface area contributed by atoms with Gasteiger partial charge in [-0.2, -0.15) is 18.3 Å². The Hall–Kier alpha value is -5.64. The Balaban J connectivity index is 1.58. The number of hydrogen-bond acceptors (Lipinski definition) is 9. The van der Waals surface area contributed by atoms with Crippen molar-refractivity contribution in [3.05, 3.63) is 76.9 Å². The number of carbonyl (C=O) groups excluding carboxylic acids is 2. The number of azide groups is 1. The van der Waals surface area contributed by atoms with Gasteiger partial charge in [0.15, 0.2) is 5.69 Å². The summed E-state index contributed by atoms with van der Waals surface area (Å²) in [6.45, 7) is 4.37.